The van der Waals surface area contributed by atoms with E-state index in [0.717, 1.165) is 0 Å². The number of piperidine rings is 1. The van der Waals surface area contributed by atoms with E-state index in [1.807, 2.05) is 0 Å². The maximum absolute atomic E-state index is 13.6. The van der Waals surface area contributed by atoms with Crippen LogP contribution in [-0.2, 0) is 9.53 Å². The summed E-state index contributed by atoms with van der Waals surface area (Å²) in [5, 5.41) is 2.47. The fourth-order valence-electron chi connectivity index (χ4n) is 1.82. The number of halogens is 1. The van der Waals surface area contributed by atoms with Crippen LogP contribution in [0.5, 0.6) is 0 Å². The van der Waals surface area contributed by atoms with Crippen LogP contribution in [0.4, 0.5) is 4.39 Å². The minimum absolute atomic E-state index is 0.0213. The molecule has 1 aliphatic heterocycles. The Morgan fingerprint density at radius 3 is 2.65 bits per heavy atom. The molecule has 17 heavy (non-hydrogen) atoms. The fraction of sp³-hybridized carbons (Fsp3) is 0.889. The van der Waals surface area contributed by atoms with E-state index in [-0.39, 0.29) is 6.54 Å². The number of nitrogens with zero attached hydrogens (tertiary/aromatic N) is 1. The van der Waals surface area contributed by atoms with Gasteiger partial charge in [0.25, 0.3) is 5.91 Å². The highest BCUT2D eigenvalue weighted by molar-refractivity contribution is 5.81. The minimum atomic E-state index is -1.20. The molecule has 1 amide bonds. The summed E-state index contributed by atoms with van der Waals surface area (Å²) in [4.78, 5) is 13.1. The van der Waals surface area contributed by atoms with Gasteiger partial charge in [0.1, 0.15) is 18.6 Å². The van der Waals surface area contributed by atoms with Gasteiger partial charge in [-0.1, -0.05) is 0 Å². The highest BCUT2D eigenvalue weighted by atomic mass is 19.1. The summed E-state index contributed by atoms with van der Waals surface area (Å²) in [6.45, 7) is 0.388. The zero-order valence-corrected chi connectivity index (χ0v) is 9.80. The number of hydrogen-bond acceptors (Lipinski definition) is 6. The number of nitrogens with two attached hydrogens (primary N) is 3. The molecule has 7 N–H and O–H groups in total. The van der Waals surface area contributed by atoms with Crippen molar-refractivity contribution in [3.05, 3.63) is 0 Å². The zero-order valence-electron chi connectivity index (χ0n) is 9.80. The van der Waals surface area contributed by atoms with Crippen LogP contribution >= 0.6 is 0 Å². The van der Waals surface area contributed by atoms with Crippen LogP contribution in [0.2, 0.25) is 0 Å². The zero-order chi connectivity index (χ0) is 13.0. The molecule has 0 aromatic carbocycles. The molecule has 0 saturated carbocycles. The number of carbonyl (C=O) groups excluding carboxylic acids is 1. The van der Waals surface area contributed by atoms with E-state index in [4.69, 9.17) is 21.9 Å². The van der Waals surface area contributed by atoms with E-state index in [9.17, 15) is 9.18 Å². The summed E-state index contributed by atoms with van der Waals surface area (Å²) in [6, 6.07) is 0. The maximum Gasteiger partial charge on any atom is 0.254 e. The molecule has 0 aliphatic carbocycles. The lowest BCUT2D eigenvalue weighted by molar-refractivity contribution is -0.138. The smallest absolute Gasteiger partial charge is 0.254 e. The Hall–Kier alpha value is -0.800. The molecule has 1 aliphatic rings. The first kappa shape index (κ1) is 14.3. The van der Waals surface area contributed by atoms with Crippen LogP contribution in [0, 0.1) is 0 Å². The van der Waals surface area contributed by atoms with Crippen LogP contribution in [0.1, 0.15) is 6.42 Å². The summed E-state index contributed by atoms with van der Waals surface area (Å²) in [7, 11) is 1.45. The molecule has 8 heteroatoms. The van der Waals surface area contributed by atoms with Gasteiger partial charge < -0.3 is 26.8 Å². The van der Waals surface area contributed by atoms with Crippen LogP contribution in [-0.4, -0.2) is 55.7 Å². The molecule has 1 heterocycles. The van der Waals surface area contributed by atoms with Gasteiger partial charge in [-0.25, -0.2) is 4.39 Å². The number of hydrogen-bond donors (Lipinski definition) is 4. The molecule has 7 nitrogen and oxygen atoms in total. The number of likely N-dealkylation sites (tertiary alicyclic amines) is 1. The summed E-state index contributed by atoms with van der Waals surface area (Å²) >= 11 is 0. The first-order valence-corrected chi connectivity index (χ1v) is 5.44. The van der Waals surface area contributed by atoms with Gasteiger partial charge in [-0.05, 0) is 6.42 Å². The summed E-state index contributed by atoms with van der Waals surface area (Å²) < 4.78 is 18.5. The average molecular weight is 249 g/mol. The second-order valence-corrected chi connectivity index (χ2v) is 4.03. The first-order valence-electron chi connectivity index (χ1n) is 5.44. The van der Waals surface area contributed by atoms with Gasteiger partial charge in [0.05, 0.1) is 12.6 Å². The van der Waals surface area contributed by atoms with Crippen LogP contribution in [0.3, 0.4) is 0 Å². The van der Waals surface area contributed by atoms with Gasteiger partial charge in [0.2, 0.25) is 0 Å². The van der Waals surface area contributed by atoms with E-state index in [2.05, 4.69) is 5.32 Å². The van der Waals surface area contributed by atoms with E-state index in [0.29, 0.717) is 13.0 Å². The predicted octanol–water partition coefficient (Wildman–Crippen LogP) is -2.35. The Balaban J connectivity index is 2.49. The van der Waals surface area contributed by atoms with Gasteiger partial charge in [-0.2, -0.15) is 0 Å². The Bertz CT molecular complexity index is 266. The highest BCUT2D eigenvalue weighted by Gasteiger charge is 2.33. The van der Waals surface area contributed by atoms with Crippen molar-refractivity contribution in [2.45, 2.75) is 31.2 Å². The van der Waals surface area contributed by atoms with E-state index in [1.54, 1.807) is 0 Å². The molecule has 100 valence electrons. The van der Waals surface area contributed by atoms with Crippen molar-refractivity contribution in [3.63, 3.8) is 0 Å². The number of nitrogens with one attached hydrogen (secondary N) is 1. The summed E-state index contributed by atoms with van der Waals surface area (Å²) in [5.41, 5.74) is 16.1. The van der Waals surface area contributed by atoms with Crippen molar-refractivity contribution < 1.29 is 13.9 Å². The van der Waals surface area contributed by atoms with E-state index >= 15 is 0 Å². The molecular formula is C9H20FN5O2. The standard InChI is InChI=1S/C9H20FN5O2/c1-17-6-2-3-15(4-5(6)10)8(16)7(11)14-9(12)13/h5-7,9,14H,2-4,11-13H2,1H3/t5-,6+,7?/m1/s1. The lowest BCUT2D eigenvalue weighted by Gasteiger charge is -2.35. The van der Waals surface area contributed by atoms with Crippen molar-refractivity contribution in [3.8, 4) is 0 Å². The molecule has 1 saturated heterocycles. The monoisotopic (exact) mass is 249 g/mol. The number of rotatable bonds is 4. The number of alkyl halides is 1. The average Bonchev–Trinajstić information content (AvgIpc) is 2.27. The van der Waals surface area contributed by atoms with Crippen molar-refractivity contribution in [2.75, 3.05) is 20.2 Å². The predicted molar refractivity (Wildman–Crippen MR) is 60.2 cm³/mol. The molecule has 1 rings (SSSR count). The third-order valence-electron chi connectivity index (χ3n) is 2.73. The van der Waals surface area contributed by atoms with Crippen molar-refractivity contribution in [1.82, 2.24) is 10.2 Å². The minimum Gasteiger partial charge on any atom is -0.378 e. The van der Waals surface area contributed by atoms with Gasteiger partial charge in [0.15, 0.2) is 0 Å². The Labute approximate surface area is 99.4 Å². The van der Waals surface area contributed by atoms with Gasteiger partial charge in [0, 0.05) is 13.7 Å². The fourth-order valence-corrected chi connectivity index (χ4v) is 1.82. The number of amides is 1. The Kier molecular flexibility index (Phi) is 5.22. The van der Waals surface area contributed by atoms with Gasteiger partial charge >= 0.3 is 0 Å². The van der Waals surface area contributed by atoms with Crippen molar-refractivity contribution in [2.24, 2.45) is 17.2 Å². The van der Waals surface area contributed by atoms with Crippen LogP contribution < -0.4 is 22.5 Å². The molecular weight excluding hydrogens is 229 g/mol. The molecule has 0 radical (unpaired) electrons. The molecule has 3 atom stereocenters. The Morgan fingerprint density at radius 1 is 1.53 bits per heavy atom. The van der Waals surface area contributed by atoms with Crippen molar-refractivity contribution >= 4 is 5.91 Å². The number of methoxy groups -OCH3 is 1. The highest BCUT2D eigenvalue weighted by Crippen LogP contribution is 2.16. The first-order chi connectivity index (χ1) is 7.95. The summed E-state index contributed by atoms with van der Waals surface area (Å²) in [5.74, 6) is -0.414. The second-order valence-electron chi connectivity index (χ2n) is 4.03. The maximum atomic E-state index is 13.6. The Morgan fingerprint density at radius 2 is 2.18 bits per heavy atom. The SMILES string of the molecule is CO[C@H]1CCN(C(=O)C(N)NC(N)N)C[C@H]1F. The number of carbonyl (C=O) groups is 1. The largest absolute Gasteiger partial charge is 0.378 e. The topological polar surface area (TPSA) is 120 Å². The number of ether oxygens (including phenoxy) is 1. The molecule has 0 spiro atoms. The third kappa shape index (κ3) is 3.86. The van der Waals surface area contributed by atoms with Crippen molar-refractivity contribution in [1.29, 1.82) is 0 Å². The molecule has 1 fully saturated rings. The molecule has 1 unspecified atom stereocenters. The van der Waals surface area contributed by atoms with Crippen LogP contribution in [0.25, 0.3) is 0 Å². The third-order valence-corrected chi connectivity index (χ3v) is 2.73. The lowest BCUT2D eigenvalue weighted by atomic mass is 10.1. The normalized spacial score (nSPS) is 27.3. The van der Waals surface area contributed by atoms with E-state index < -0.39 is 30.6 Å². The van der Waals surface area contributed by atoms with Gasteiger partial charge in [-0.15, -0.1) is 0 Å². The quantitative estimate of drug-likeness (QED) is 0.414. The van der Waals surface area contributed by atoms with Crippen LogP contribution in [0.15, 0.2) is 0 Å². The molecule has 0 aromatic rings. The summed E-state index contributed by atoms with van der Waals surface area (Å²) in [6.07, 6.45) is -3.10. The molecule has 0 bridgehead atoms. The second kappa shape index (κ2) is 6.22. The van der Waals surface area contributed by atoms with Gasteiger partial charge in [-0.3, -0.25) is 10.1 Å². The molecule has 0 aromatic heterocycles. The van der Waals surface area contributed by atoms with E-state index in [1.165, 1.54) is 12.0 Å². The lowest BCUT2D eigenvalue weighted by Crippen LogP contribution is -2.61.